The first-order valence-corrected chi connectivity index (χ1v) is 18.0. The molecule has 0 saturated heterocycles. The summed E-state index contributed by atoms with van der Waals surface area (Å²) in [7, 11) is 0. The highest BCUT2D eigenvalue weighted by Crippen LogP contribution is 2.11. The lowest BCUT2D eigenvalue weighted by atomic mass is 10.1. The molecular formula is C40H68O4. The monoisotopic (exact) mass is 613 g/mol. The smallest absolute Gasteiger partial charge is 0.306 e. The number of ether oxygens (including phenoxy) is 2. The molecule has 4 heteroatoms. The number of carbonyl (C=O) groups is 1. The van der Waals surface area contributed by atoms with Gasteiger partial charge in [0.05, 0.1) is 13.2 Å². The van der Waals surface area contributed by atoms with Crippen molar-refractivity contribution < 1.29 is 19.4 Å². The van der Waals surface area contributed by atoms with Crippen LogP contribution in [-0.4, -0.2) is 37.0 Å². The van der Waals surface area contributed by atoms with Crippen molar-refractivity contribution in [1.82, 2.24) is 0 Å². The van der Waals surface area contributed by atoms with Crippen molar-refractivity contribution in [2.75, 3.05) is 19.8 Å². The molecule has 0 amide bonds. The SMILES string of the molecule is CC/C=C\C/C=C\C/C=C\C/C=C\C/C=C\C/C=C\CCCCCCCOCC(CO)OC(=O)CCCCCCCCCC. The fourth-order valence-corrected chi connectivity index (χ4v) is 4.62. The maximum absolute atomic E-state index is 12.0. The van der Waals surface area contributed by atoms with E-state index in [4.69, 9.17) is 9.47 Å². The highest BCUT2D eigenvalue weighted by Gasteiger charge is 2.13. The molecule has 0 aromatic heterocycles. The molecule has 0 aliphatic heterocycles. The van der Waals surface area contributed by atoms with Gasteiger partial charge in [0.1, 0.15) is 6.10 Å². The summed E-state index contributed by atoms with van der Waals surface area (Å²) in [6, 6.07) is 0. The lowest BCUT2D eigenvalue weighted by molar-refractivity contribution is -0.154. The Kier molecular flexibility index (Phi) is 35.2. The van der Waals surface area contributed by atoms with Gasteiger partial charge in [-0.05, 0) is 64.2 Å². The van der Waals surface area contributed by atoms with Crippen LogP contribution in [0.1, 0.15) is 149 Å². The first-order valence-electron chi connectivity index (χ1n) is 18.0. The highest BCUT2D eigenvalue weighted by molar-refractivity contribution is 5.69. The largest absolute Gasteiger partial charge is 0.457 e. The maximum atomic E-state index is 12.0. The topological polar surface area (TPSA) is 55.8 Å². The van der Waals surface area contributed by atoms with Gasteiger partial charge in [-0.15, -0.1) is 0 Å². The maximum Gasteiger partial charge on any atom is 0.306 e. The number of aliphatic hydroxyl groups excluding tert-OH is 1. The molecule has 0 fully saturated rings. The molecule has 0 rings (SSSR count). The normalized spacial score (nSPS) is 13.2. The zero-order valence-corrected chi connectivity index (χ0v) is 28.6. The van der Waals surface area contributed by atoms with Gasteiger partial charge in [0.2, 0.25) is 0 Å². The van der Waals surface area contributed by atoms with E-state index in [0.717, 1.165) is 70.6 Å². The number of hydrogen-bond donors (Lipinski definition) is 1. The minimum Gasteiger partial charge on any atom is -0.457 e. The van der Waals surface area contributed by atoms with Crippen LogP contribution in [0.3, 0.4) is 0 Å². The zero-order valence-electron chi connectivity index (χ0n) is 28.6. The van der Waals surface area contributed by atoms with Crippen LogP contribution in [0.2, 0.25) is 0 Å². The Morgan fingerprint density at radius 1 is 0.568 bits per heavy atom. The second-order valence-electron chi connectivity index (χ2n) is 11.6. The Hall–Kier alpha value is -2.17. The van der Waals surface area contributed by atoms with Crippen LogP contribution in [0, 0.1) is 0 Å². The minimum atomic E-state index is -0.544. The molecule has 0 aromatic carbocycles. The third-order valence-corrected chi connectivity index (χ3v) is 7.30. The molecule has 0 spiro atoms. The summed E-state index contributed by atoms with van der Waals surface area (Å²) in [4.78, 5) is 12.0. The Balaban J connectivity index is 3.54. The molecule has 0 bridgehead atoms. The van der Waals surface area contributed by atoms with Gasteiger partial charge in [-0.25, -0.2) is 0 Å². The first-order chi connectivity index (χ1) is 21.7. The number of unbranched alkanes of at least 4 members (excludes halogenated alkanes) is 12. The van der Waals surface area contributed by atoms with Crippen molar-refractivity contribution in [3.8, 4) is 0 Å². The number of hydrogen-bond acceptors (Lipinski definition) is 4. The lowest BCUT2D eigenvalue weighted by Gasteiger charge is -2.15. The van der Waals surface area contributed by atoms with Gasteiger partial charge >= 0.3 is 5.97 Å². The van der Waals surface area contributed by atoms with Crippen LogP contribution in [-0.2, 0) is 14.3 Å². The predicted molar refractivity (Wildman–Crippen MR) is 191 cm³/mol. The van der Waals surface area contributed by atoms with Gasteiger partial charge in [0.25, 0.3) is 0 Å². The number of carbonyl (C=O) groups excluding carboxylic acids is 1. The fourth-order valence-electron chi connectivity index (χ4n) is 4.62. The lowest BCUT2D eigenvalue weighted by Crippen LogP contribution is -2.27. The second kappa shape index (κ2) is 37.0. The Morgan fingerprint density at radius 2 is 1.02 bits per heavy atom. The van der Waals surface area contributed by atoms with Crippen molar-refractivity contribution in [3.05, 3.63) is 72.9 Å². The van der Waals surface area contributed by atoms with Gasteiger partial charge in [-0.3, -0.25) is 4.79 Å². The van der Waals surface area contributed by atoms with Gasteiger partial charge < -0.3 is 14.6 Å². The van der Waals surface area contributed by atoms with E-state index in [2.05, 4.69) is 86.8 Å². The van der Waals surface area contributed by atoms with Crippen molar-refractivity contribution in [2.24, 2.45) is 0 Å². The molecule has 1 N–H and O–H groups in total. The van der Waals surface area contributed by atoms with E-state index in [9.17, 15) is 9.90 Å². The molecule has 0 aliphatic carbocycles. The van der Waals surface area contributed by atoms with Gasteiger partial charge in [-0.2, -0.15) is 0 Å². The molecule has 252 valence electrons. The van der Waals surface area contributed by atoms with Crippen LogP contribution in [0.5, 0.6) is 0 Å². The minimum absolute atomic E-state index is 0.183. The molecule has 44 heavy (non-hydrogen) atoms. The van der Waals surface area contributed by atoms with Gasteiger partial charge in [0.15, 0.2) is 0 Å². The predicted octanol–water partition coefficient (Wildman–Crippen LogP) is 11.5. The van der Waals surface area contributed by atoms with Crippen LogP contribution in [0.4, 0.5) is 0 Å². The molecule has 0 radical (unpaired) electrons. The van der Waals surface area contributed by atoms with E-state index >= 15 is 0 Å². The molecule has 0 aromatic rings. The molecular weight excluding hydrogens is 544 g/mol. The quantitative estimate of drug-likeness (QED) is 0.0466. The van der Waals surface area contributed by atoms with Crippen LogP contribution in [0.25, 0.3) is 0 Å². The summed E-state index contributed by atoms with van der Waals surface area (Å²) < 4.78 is 11.0. The van der Waals surface area contributed by atoms with Crippen molar-refractivity contribution in [3.63, 3.8) is 0 Å². The third-order valence-electron chi connectivity index (χ3n) is 7.30. The number of rotatable bonds is 32. The zero-order chi connectivity index (χ0) is 32.0. The van der Waals surface area contributed by atoms with E-state index in [1.165, 1.54) is 57.8 Å². The van der Waals surface area contributed by atoms with E-state index in [0.29, 0.717) is 13.0 Å². The van der Waals surface area contributed by atoms with Crippen molar-refractivity contribution >= 4 is 5.97 Å². The molecule has 0 heterocycles. The van der Waals surface area contributed by atoms with E-state index in [1.54, 1.807) is 0 Å². The molecule has 0 saturated carbocycles. The molecule has 1 atom stereocenters. The third kappa shape index (κ3) is 34.3. The Morgan fingerprint density at radius 3 is 1.55 bits per heavy atom. The van der Waals surface area contributed by atoms with E-state index in [-0.39, 0.29) is 19.2 Å². The summed E-state index contributed by atoms with van der Waals surface area (Å²) >= 11 is 0. The van der Waals surface area contributed by atoms with Crippen LogP contribution in [0.15, 0.2) is 72.9 Å². The van der Waals surface area contributed by atoms with Gasteiger partial charge in [0, 0.05) is 13.0 Å². The van der Waals surface area contributed by atoms with Crippen LogP contribution >= 0.6 is 0 Å². The second-order valence-corrected chi connectivity index (χ2v) is 11.6. The average Bonchev–Trinajstić information content (AvgIpc) is 3.03. The fraction of sp³-hybridized carbons (Fsp3) is 0.675. The number of aliphatic hydroxyl groups is 1. The van der Waals surface area contributed by atoms with Crippen molar-refractivity contribution in [2.45, 2.75) is 155 Å². The summed E-state index contributed by atoms with van der Waals surface area (Å²) in [5, 5.41) is 9.51. The standard InChI is InChI=1S/C40H68O4/c1-3-5-7-9-11-13-14-15-16-17-18-19-20-21-22-23-24-25-26-27-28-30-32-34-36-43-38-39(37-41)44-40(42)35-33-31-29-12-10-8-6-4-2/h5,7,11,13,15-16,18-19,21-22,24-25,39,41H,3-4,6,8-10,12,14,17,20,23,26-38H2,1-2H3/b7-5-,13-11-,16-15-,19-18-,22-21-,25-24-. The molecule has 0 aliphatic rings. The van der Waals surface area contributed by atoms with Gasteiger partial charge in [-0.1, -0.05) is 151 Å². The Bertz CT molecular complexity index is 774. The summed E-state index contributed by atoms with van der Waals surface area (Å²) in [5.41, 5.74) is 0. The highest BCUT2D eigenvalue weighted by atomic mass is 16.6. The summed E-state index contributed by atoms with van der Waals surface area (Å²) in [5.74, 6) is -0.217. The van der Waals surface area contributed by atoms with Crippen molar-refractivity contribution in [1.29, 1.82) is 0 Å². The van der Waals surface area contributed by atoms with E-state index in [1.807, 2.05) is 0 Å². The summed E-state index contributed by atoms with van der Waals surface area (Å²) in [6.07, 6.45) is 49.5. The average molecular weight is 613 g/mol. The van der Waals surface area contributed by atoms with E-state index < -0.39 is 6.10 Å². The molecule has 4 nitrogen and oxygen atoms in total. The number of allylic oxidation sites excluding steroid dienone is 12. The summed E-state index contributed by atoms with van der Waals surface area (Å²) in [6.45, 7) is 5.14. The molecule has 1 unspecified atom stereocenters. The Labute approximate surface area is 272 Å². The van der Waals surface area contributed by atoms with Crippen LogP contribution < -0.4 is 0 Å². The first kappa shape index (κ1) is 41.8. The number of esters is 1.